The standard InChI is InChI=1S/C14H17N3O3.C3H8.C2H6/c15-14(20)12(17-13(19)5-6-18)7-9-8-16-11-4-2-1-3-10(9)11;1-3-2;1-2/h1-4,8,12,16,18H,5-7H2,(H2,15,20)(H,17,19);3H2,1-2H3;1-2H3/t12-;;/m0../s1. The number of hydrogen-bond acceptors (Lipinski definition) is 3. The first-order valence-electron chi connectivity index (χ1n) is 8.77. The molecule has 1 aromatic heterocycles. The van der Waals surface area contributed by atoms with E-state index in [0.29, 0.717) is 6.42 Å². The number of para-hydroxylation sites is 1. The van der Waals surface area contributed by atoms with E-state index in [9.17, 15) is 9.59 Å². The Labute approximate surface area is 149 Å². The summed E-state index contributed by atoms with van der Waals surface area (Å²) in [5.74, 6) is -0.988. The van der Waals surface area contributed by atoms with Gasteiger partial charge in [-0.1, -0.05) is 52.3 Å². The van der Waals surface area contributed by atoms with E-state index < -0.39 is 17.9 Å². The predicted molar refractivity (Wildman–Crippen MR) is 102 cm³/mol. The van der Waals surface area contributed by atoms with Crippen molar-refractivity contribution in [2.24, 2.45) is 5.73 Å². The molecule has 0 aliphatic rings. The summed E-state index contributed by atoms with van der Waals surface area (Å²) in [4.78, 5) is 26.0. The van der Waals surface area contributed by atoms with Crippen LogP contribution in [-0.2, 0) is 16.0 Å². The molecule has 2 aromatic rings. The summed E-state index contributed by atoms with van der Waals surface area (Å²) < 4.78 is 0. The van der Waals surface area contributed by atoms with Gasteiger partial charge in [0.2, 0.25) is 11.8 Å². The molecule has 0 aliphatic carbocycles. The number of amides is 2. The van der Waals surface area contributed by atoms with Gasteiger partial charge in [0, 0.05) is 29.9 Å². The van der Waals surface area contributed by atoms with Crippen molar-refractivity contribution in [3.63, 3.8) is 0 Å². The van der Waals surface area contributed by atoms with E-state index in [1.54, 1.807) is 6.20 Å². The lowest BCUT2D eigenvalue weighted by Crippen LogP contribution is -2.46. The van der Waals surface area contributed by atoms with Crippen molar-refractivity contribution in [3.8, 4) is 0 Å². The quantitative estimate of drug-likeness (QED) is 0.643. The number of carbonyl (C=O) groups is 2. The van der Waals surface area contributed by atoms with E-state index in [1.165, 1.54) is 6.42 Å². The number of H-pyrrole nitrogens is 1. The van der Waals surface area contributed by atoms with Crippen molar-refractivity contribution in [2.45, 2.75) is 53.0 Å². The molecule has 0 radical (unpaired) electrons. The van der Waals surface area contributed by atoms with Crippen molar-refractivity contribution in [3.05, 3.63) is 36.0 Å². The summed E-state index contributed by atoms with van der Waals surface area (Å²) in [5.41, 5.74) is 7.19. The van der Waals surface area contributed by atoms with Crippen LogP contribution in [0.5, 0.6) is 0 Å². The molecule has 0 saturated heterocycles. The number of carbonyl (C=O) groups excluding carboxylic acids is 2. The second-order valence-corrected chi connectivity index (χ2v) is 5.27. The number of aliphatic hydroxyl groups excluding tert-OH is 1. The molecule has 2 amide bonds. The van der Waals surface area contributed by atoms with E-state index >= 15 is 0 Å². The monoisotopic (exact) mass is 349 g/mol. The van der Waals surface area contributed by atoms with E-state index in [0.717, 1.165) is 16.5 Å². The lowest BCUT2D eigenvalue weighted by atomic mass is 10.0. The van der Waals surface area contributed by atoms with Gasteiger partial charge in [0.1, 0.15) is 6.04 Å². The minimum Gasteiger partial charge on any atom is -0.396 e. The molecule has 0 saturated carbocycles. The maximum Gasteiger partial charge on any atom is 0.240 e. The van der Waals surface area contributed by atoms with Gasteiger partial charge in [0.15, 0.2) is 0 Å². The van der Waals surface area contributed by atoms with Gasteiger partial charge in [-0.2, -0.15) is 0 Å². The summed E-state index contributed by atoms with van der Waals surface area (Å²) in [6, 6.07) is 6.91. The van der Waals surface area contributed by atoms with Gasteiger partial charge >= 0.3 is 0 Å². The second kappa shape index (κ2) is 13.0. The molecule has 1 heterocycles. The number of aliphatic hydroxyl groups is 1. The van der Waals surface area contributed by atoms with Gasteiger partial charge in [-0.25, -0.2) is 0 Å². The van der Waals surface area contributed by atoms with Crippen LogP contribution in [0.25, 0.3) is 10.9 Å². The van der Waals surface area contributed by atoms with Crippen LogP contribution in [0.1, 0.15) is 46.1 Å². The van der Waals surface area contributed by atoms with Crippen LogP contribution in [0.15, 0.2) is 30.5 Å². The molecule has 140 valence electrons. The van der Waals surface area contributed by atoms with E-state index in [2.05, 4.69) is 24.1 Å². The molecule has 2 rings (SSSR count). The van der Waals surface area contributed by atoms with E-state index in [4.69, 9.17) is 10.8 Å². The van der Waals surface area contributed by atoms with Crippen LogP contribution >= 0.6 is 0 Å². The van der Waals surface area contributed by atoms with Gasteiger partial charge in [0.25, 0.3) is 0 Å². The Bertz CT molecular complexity index is 638. The SMILES string of the molecule is CC.CCC.NC(=O)[C@H](Cc1c[nH]c2ccccc12)NC(=O)CCO. The number of fused-ring (bicyclic) bond motifs is 1. The number of hydrogen-bond donors (Lipinski definition) is 4. The summed E-state index contributed by atoms with van der Waals surface area (Å²) in [7, 11) is 0. The number of nitrogens with two attached hydrogens (primary N) is 1. The van der Waals surface area contributed by atoms with Crippen molar-refractivity contribution < 1.29 is 14.7 Å². The van der Waals surface area contributed by atoms with Crippen LogP contribution < -0.4 is 11.1 Å². The molecule has 0 aliphatic heterocycles. The number of benzene rings is 1. The van der Waals surface area contributed by atoms with Gasteiger partial charge < -0.3 is 21.1 Å². The topological polar surface area (TPSA) is 108 Å². The van der Waals surface area contributed by atoms with Crippen LogP contribution in [-0.4, -0.2) is 34.6 Å². The first-order chi connectivity index (χ1) is 12.0. The third-order valence-electron chi connectivity index (χ3n) is 3.12. The number of aromatic nitrogens is 1. The zero-order valence-corrected chi connectivity index (χ0v) is 15.6. The Morgan fingerprint density at radius 1 is 1.24 bits per heavy atom. The first kappa shape index (κ1) is 22.7. The Morgan fingerprint density at radius 3 is 2.40 bits per heavy atom. The molecular formula is C19H31N3O3. The van der Waals surface area contributed by atoms with Gasteiger partial charge in [-0.3, -0.25) is 9.59 Å². The van der Waals surface area contributed by atoms with E-state index in [-0.39, 0.29) is 13.0 Å². The largest absolute Gasteiger partial charge is 0.396 e. The third-order valence-corrected chi connectivity index (χ3v) is 3.12. The van der Waals surface area contributed by atoms with Crippen molar-refractivity contribution in [2.75, 3.05) is 6.61 Å². The Hall–Kier alpha value is -2.34. The molecule has 6 heteroatoms. The Morgan fingerprint density at radius 2 is 1.84 bits per heavy atom. The lowest BCUT2D eigenvalue weighted by molar-refractivity contribution is -0.127. The van der Waals surface area contributed by atoms with Crippen LogP contribution in [0.3, 0.4) is 0 Å². The first-order valence-corrected chi connectivity index (χ1v) is 8.77. The normalized spacial score (nSPS) is 10.8. The minimum absolute atomic E-state index is 0.0440. The third kappa shape index (κ3) is 7.85. The highest BCUT2D eigenvalue weighted by atomic mass is 16.3. The summed E-state index contributed by atoms with van der Waals surface area (Å²) >= 11 is 0. The van der Waals surface area contributed by atoms with E-state index in [1.807, 2.05) is 38.1 Å². The van der Waals surface area contributed by atoms with Crippen molar-refractivity contribution in [1.82, 2.24) is 10.3 Å². The summed E-state index contributed by atoms with van der Waals surface area (Å²) in [6.07, 6.45) is 3.33. The number of primary amides is 1. The van der Waals surface area contributed by atoms with Crippen LogP contribution in [0, 0.1) is 0 Å². The highest BCUT2D eigenvalue weighted by Crippen LogP contribution is 2.19. The van der Waals surface area contributed by atoms with Crippen LogP contribution in [0.2, 0.25) is 0 Å². The highest BCUT2D eigenvalue weighted by Gasteiger charge is 2.19. The van der Waals surface area contributed by atoms with Gasteiger partial charge in [-0.05, 0) is 11.6 Å². The molecule has 6 nitrogen and oxygen atoms in total. The average molecular weight is 349 g/mol. The average Bonchev–Trinajstić information content (AvgIpc) is 3.00. The van der Waals surface area contributed by atoms with Crippen molar-refractivity contribution >= 4 is 22.7 Å². The molecule has 1 atom stereocenters. The Balaban J connectivity index is 0.00000104. The molecule has 1 aromatic carbocycles. The Kier molecular flexibility index (Phi) is 11.8. The molecule has 0 unspecified atom stereocenters. The molecule has 0 spiro atoms. The van der Waals surface area contributed by atoms with Gasteiger partial charge in [-0.15, -0.1) is 0 Å². The summed E-state index contributed by atoms with van der Waals surface area (Å²) in [5, 5.41) is 12.2. The predicted octanol–water partition coefficient (Wildman–Crippen LogP) is 2.51. The number of rotatable bonds is 6. The summed E-state index contributed by atoms with van der Waals surface area (Å²) in [6.45, 7) is 7.99. The maximum absolute atomic E-state index is 11.5. The van der Waals surface area contributed by atoms with Gasteiger partial charge in [0.05, 0.1) is 6.61 Å². The maximum atomic E-state index is 11.5. The molecule has 25 heavy (non-hydrogen) atoms. The molecular weight excluding hydrogens is 318 g/mol. The number of aromatic amines is 1. The molecule has 5 N–H and O–H groups in total. The minimum atomic E-state index is -0.784. The van der Waals surface area contributed by atoms with Crippen LogP contribution in [0.4, 0.5) is 0 Å². The molecule has 0 fully saturated rings. The smallest absolute Gasteiger partial charge is 0.240 e. The lowest BCUT2D eigenvalue weighted by Gasteiger charge is -2.14. The highest BCUT2D eigenvalue weighted by molar-refractivity contribution is 5.88. The fourth-order valence-electron chi connectivity index (χ4n) is 2.11. The fourth-order valence-corrected chi connectivity index (χ4v) is 2.11. The number of nitrogens with one attached hydrogen (secondary N) is 2. The zero-order chi connectivity index (χ0) is 19.2. The zero-order valence-electron chi connectivity index (χ0n) is 15.6. The fraction of sp³-hybridized carbons (Fsp3) is 0.474. The second-order valence-electron chi connectivity index (χ2n) is 5.27. The van der Waals surface area contributed by atoms with Crippen molar-refractivity contribution in [1.29, 1.82) is 0 Å². The molecule has 0 bridgehead atoms.